The number of nitrogens with one attached hydrogen (secondary N) is 1. The van der Waals surface area contributed by atoms with Gasteiger partial charge in [0, 0.05) is 18.8 Å². The van der Waals surface area contributed by atoms with Gasteiger partial charge >= 0.3 is 0 Å². The van der Waals surface area contributed by atoms with Gasteiger partial charge in [0.2, 0.25) is 11.8 Å². The largest absolute Gasteiger partial charge is 0.342 e. The summed E-state index contributed by atoms with van der Waals surface area (Å²) < 4.78 is 0. The molecule has 1 saturated heterocycles. The third-order valence-corrected chi connectivity index (χ3v) is 5.12. The number of carbonyl (C=O) groups excluding carboxylic acids is 2. The van der Waals surface area contributed by atoms with E-state index in [-0.39, 0.29) is 11.8 Å². The Morgan fingerprint density at radius 3 is 2.26 bits per heavy atom. The molecule has 0 aromatic heterocycles. The van der Waals surface area contributed by atoms with Crippen LogP contribution in [-0.4, -0.2) is 29.8 Å². The smallest absolute Gasteiger partial charge is 0.240 e. The van der Waals surface area contributed by atoms with Crippen molar-refractivity contribution in [3.05, 3.63) is 29.3 Å². The van der Waals surface area contributed by atoms with Gasteiger partial charge < -0.3 is 10.2 Å². The predicted molar refractivity (Wildman–Crippen MR) is 91.3 cm³/mol. The van der Waals surface area contributed by atoms with Gasteiger partial charge in [-0.3, -0.25) is 9.59 Å². The normalized spacial score (nSPS) is 19.8. The first-order chi connectivity index (χ1) is 11.0. The van der Waals surface area contributed by atoms with Crippen molar-refractivity contribution in [2.24, 2.45) is 5.41 Å². The topological polar surface area (TPSA) is 49.4 Å². The van der Waals surface area contributed by atoms with E-state index < -0.39 is 5.41 Å². The van der Waals surface area contributed by atoms with Crippen molar-refractivity contribution in [3.63, 3.8) is 0 Å². The van der Waals surface area contributed by atoms with Gasteiger partial charge in [-0.1, -0.05) is 30.5 Å². The molecule has 1 saturated carbocycles. The molecular weight excluding hydrogens is 288 g/mol. The number of anilines is 1. The van der Waals surface area contributed by atoms with Crippen LogP contribution < -0.4 is 5.32 Å². The number of hydrogen-bond donors (Lipinski definition) is 1. The zero-order valence-corrected chi connectivity index (χ0v) is 14.2. The van der Waals surface area contributed by atoms with Crippen LogP contribution in [0, 0.1) is 19.3 Å². The second-order valence-electron chi connectivity index (χ2n) is 7.06. The van der Waals surface area contributed by atoms with Crippen LogP contribution in [0.3, 0.4) is 0 Å². The minimum Gasteiger partial charge on any atom is -0.342 e. The molecule has 0 radical (unpaired) electrons. The van der Waals surface area contributed by atoms with Gasteiger partial charge in [-0.05, 0) is 51.2 Å². The molecular formula is C19H26N2O2. The molecule has 4 nitrogen and oxygen atoms in total. The molecule has 2 aliphatic rings. The van der Waals surface area contributed by atoms with Gasteiger partial charge in [0.05, 0.1) is 0 Å². The van der Waals surface area contributed by atoms with Crippen molar-refractivity contribution in [2.75, 3.05) is 18.4 Å². The first kappa shape index (κ1) is 16.0. The molecule has 23 heavy (non-hydrogen) atoms. The maximum absolute atomic E-state index is 12.9. The molecule has 2 amide bonds. The number of benzene rings is 1. The van der Waals surface area contributed by atoms with Gasteiger partial charge in [-0.2, -0.15) is 0 Å². The molecule has 1 aromatic carbocycles. The standard InChI is InChI=1S/C19H26N2O2/c1-14-7-8-16(15(2)13-14)20-17(22)19(9-10-19)18(23)21-11-5-3-4-6-12-21/h7-8,13H,3-6,9-12H2,1-2H3,(H,20,22). The molecule has 2 fully saturated rings. The van der Waals surface area contributed by atoms with Crippen molar-refractivity contribution in [2.45, 2.75) is 52.4 Å². The van der Waals surface area contributed by atoms with Crippen LogP contribution in [0.15, 0.2) is 18.2 Å². The molecule has 4 heteroatoms. The Morgan fingerprint density at radius 1 is 1.04 bits per heavy atom. The lowest BCUT2D eigenvalue weighted by Gasteiger charge is -2.25. The van der Waals surface area contributed by atoms with Gasteiger partial charge in [-0.25, -0.2) is 0 Å². The average molecular weight is 314 g/mol. The van der Waals surface area contributed by atoms with Crippen molar-refractivity contribution in [3.8, 4) is 0 Å². The van der Waals surface area contributed by atoms with Crippen molar-refractivity contribution in [1.29, 1.82) is 0 Å². The molecule has 1 aromatic rings. The molecule has 1 aliphatic carbocycles. The van der Waals surface area contributed by atoms with Crippen LogP contribution in [0.1, 0.15) is 49.7 Å². The van der Waals surface area contributed by atoms with E-state index in [1.807, 2.05) is 36.9 Å². The summed E-state index contributed by atoms with van der Waals surface area (Å²) in [6.45, 7) is 5.62. The van der Waals surface area contributed by atoms with E-state index in [0.717, 1.165) is 37.2 Å². The highest BCUT2D eigenvalue weighted by molar-refractivity contribution is 6.13. The summed E-state index contributed by atoms with van der Waals surface area (Å²) in [6.07, 6.45) is 5.84. The molecule has 0 atom stereocenters. The van der Waals surface area contributed by atoms with Gasteiger partial charge in [0.15, 0.2) is 0 Å². The van der Waals surface area contributed by atoms with Crippen LogP contribution in [0.4, 0.5) is 5.69 Å². The maximum Gasteiger partial charge on any atom is 0.240 e. The first-order valence-electron chi connectivity index (χ1n) is 8.71. The highest BCUT2D eigenvalue weighted by Crippen LogP contribution is 2.48. The number of nitrogens with zero attached hydrogens (tertiary/aromatic N) is 1. The number of aryl methyl sites for hydroxylation is 2. The third-order valence-electron chi connectivity index (χ3n) is 5.12. The predicted octanol–water partition coefficient (Wildman–Crippen LogP) is 3.42. The number of likely N-dealkylation sites (tertiary alicyclic amines) is 1. The summed E-state index contributed by atoms with van der Waals surface area (Å²) >= 11 is 0. The van der Waals surface area contributed by atoms with Crippen LogP contribution in [-0.2, 0) is 9.59 Å². The van der Waals surface area contributed by atoms with E-state index in [0.29, 0.717) is 12.8 Å². The Balaban J connectivity index is 1.71. The molecule has 1 N–H and O–H groups in total. The zero-order valence-electron chi connectivity index (χ0n) is 14.2. The number of amides is 2. The molecule has 1 heterocycles. The van der Waals surface area contributed by atoms with Crippen molar-refractivity contribution in [1.82, 2.24) is 4.90 Å². The quantitative estimate of drug-likeness (QED) is 0.869. The molecule has 1 aliphatic heterocycles. The van der Waals surface area contributed by atoms with Crippen molar-refractivity contribution >= 4 is 17.5 Å². The summed E-state index contributed by atoms with van der Waals surface area (Å²) in [5.74, 6) is -0.0830. The van der Waals surface area contributed by atoms with Crippen LogP contribution >= 0.6 is 0 Å². The fraction of sp³-hybridized carbons (Fsp3) is 0.579. The van der Waals surface area contributed by atoms with Gasteiger partial charge in [-0.15, -0.1) is 0 Å². The molecule has 124 valence electrons. The number of carbonyl (C=O) groups is 2. The lowest BCUT2D eigenvalue weighted by atomic mass is 10.0. The Morgan fingerprint density at radius 2 is 1.70 bits per heavy atom. The fourth-order valence-corrected chi connectivity index (χ4v) is 3.44. The maximum atomic E-state index is 12.9. The number of hydrogen-bond acceptors (Lipinski definition) is 2. The van der Waals surface area contributed by atoms with E-state index in [4.69, 9.17) is 0 Å². The molecule has 3 rings (SSSR count). The second kappa shape index (κ2) is 6.34. The summed E-state index contributed by atoms with van der Waals surface area (Å²) in [5, 5.41) is 2.99. The van der Waals surface area contributed by atoms with E-state index in [2.05, 4.69) is 5.32 Å². The van der Waals surface area contributed by atoms with E-state index in [9.17, 15) is 9.59 Å². The van der Waals surface area contributed by atoms with Gasteiger partial charge in [0.1, 0.15) is 5.41 Å². The molecule has 0 unspecified atom stereocenters. The van der Waals surface area contributed by atoms with E-state index >= 15 is 0 Å². The summed E-state index contributed by atoms with van der Waals surface area (Å²) in [7, 11) is 0. The first-order valence-corrected chi connectivity index (χ1v) is 8.71. The SMILES string of the molecule is Cc1ccc(NC(=O)C2(C(=O)N3CCCCCC3)CC2)c(C)c1. The monoisotopic (exact) mass is 314 g/mol. The van der Waals surface area contributed by atoms with Crippen LogP contribution in [0.5, 0.6) is 0 Å². The lowest BCUT2D eigenvalue weighted by Crippen LogP contribution is -2.43. The number of rotatable bonds is 3. The van der Waals surface area contributed by atoms with Crippen LogP contribution in [0.2, 0.25) is 0 Å². The van der Waals surface area contributed by atoms with Gasteiger partial charge in [0.25, 0.3) is 0 Å². The summed E-state index contributed by atoms with van der Waals surface area (Å²) in [6, 6.07) is 5.96. The molecule has 0 spiro atoms. The Hall–Kier alpha value is -1.84. The average Bonchev–Trinajstić information content (AvgIpc) is 3.34. The highest BCUT2D eigenvalue weighted by atomic mass is 16.2. The zero-order chi connectivity index (χ0) is 16.4. The second-order valence-corrected chi connectivity index (χ2v) is 7.06. The minimum atomic E-state index is -0.804. The Labute approximate surface area is 138 Å². The minimum absolute atomic E-state index is 0.0432. The summed E-state index contributed by atoms with van der Waals surface area (Å²) in [5.41, 5.74) is 2.22. The summed E-state index contributed by atoms with van der Waals surface area (Å²) in [4.78, 5) is 27.5. The van der Waals surface area contributed by atoms with E-state index in [1.165, 1.54) is 18.4 Å². The Bertz CT molecular complexity index is 612. The highest BCUT2D eigenvalue weighted by Gasteiger charge is 2.58. The lowest BCUT2D eigenvalue weighted by molar-refractivity contribution is -0.142. The van der Waals surface area contributed by atoms with Crippen LogP contribution in [0.25, 0.3) is 0 Å². The van der Waals surface area contributed by atoms with E-state index in [1.54, 1.807) is 0 Å². The Kier molecular flexibility index (Phi) is 4.42. The third kappa shape index (κ3) is 3.26. The fourth-order valence-electron chi connectivity index (χ4n) is 3.44. The van der Waals surface area contributed by atoms with Crippen molar-refractivity contribution < 1.29 is 9.59 Å². The molecule has 0 bridgehead atoms.